The molecule has 0 radical (unpaired) electrons. The number of hydrogen-bond donors (Lipinski definition) is 1. The number of carbonyl (C=O) groups excluding carboxylic acids is 2. The van der Waals surface area contributed by atoms with Crippen molar-refractivity contribution in [3.63, 3.8) is 0 Å². The van der Waals surface area contributed by atoms with Crippen LogP contribution in [0.1, 0.15) is 37.4 Å². The molecular weight excluding hydrogens is 514 g/mol. The van der Waals surface area contributed by atoms with Crippen molar-refractivity contribution < 1.29 is 22.7 Å². The van der Waals surface area contributed by atoms with E-state index in [0.29, 0.717) is 11.1 Å². The molecule has 39 heavy (non-hydrogen) atoms. The van der Waals surface area contributed by atoms with E-state index in [1.807, 2.05) is 37.3 Å². The maximum atomic E-state index is 13.9. The maximum absolute atomic E-state index is 13.9. The molecule has 0 heterocycles. The van der Waals surface area contributed by atoms with E-state index in [1.54, 1.807) is 72.8 Å². The van der Waals surface area contributed by atoms with Gasteiger partial charge in [-0.2, -0.15) is 5.10 Å². The number of sulfonamides is 1. The van der Waals surface area contributed by atoms with Gasteiger partial charge >= 0.3 is 5.97 Å². The fourth-order valence-corrected chi connectivity index (χ4v) is 5.29. The van der Waals surface area contributed by atoms with Gasteiger partial charge in [-0.3, -0.25) is 9.10 Å². The molecule has 0 aliphatic heterocycles. The quantitative estimate of drug-likeness (QED) is 0.184. The van der Waals surface area contributed by atoms with Crippen LogP contribution in [-0.2, 0) is 21.3 Å². The Hall–Kier alpha value is -4.76. The predicted octanol–water partition coefficient (Wildman–Crippen LogP) is 4.94. The Bertz CT molecular complexity index is 1580. The van der Waals surface area contributed by atoms with E-state index < -0.39 is 21.9 Å². The number of ether oxygens (including phenoxy) is 1. The molecule has 0 atom stereocenters. The minimum Gasteiger partial charge on any atom is -0.465 e. The van der Waals surface area contributed by atoms with Gasteiger partial charge in [0.1, 0.15) is 0 Å². The first-order chi connectivity index (χ1) is 18.8. The number of aryl methyl sites for hydroxylation is 1. The molecule has 4 aromatic carbocycles. The number of nitrogens with zero attached hydrogens (tertiary/aromatic N) is 2. The molecule has 8 nitrogen and oxygen atoms in total. The van der Waals surface area contributed by atoms with Crippen LogP contribution in [0.5, 0.6) is 0 Å². The molecule has 0 fully saturated rings. The average molecular weight is 542 g/mol. The highest BCUT2D eigenvalue weighted by Crippen LogP contribution is 2.29. The smallest absolute Gasteiger partial charge is 0.337 e. The Morgan fingerprint density at radius 3 is 2.18 bits per heavy atom. The molecule has 0 saturated heterocycles. The number of hydrazone groups is 1. The van der Waals surface area contributed by atoms with Crippen molar-refractivity contribution in [3.8, 4) is 0 Å². The van der Waals surface area contributed by atoms with Gasteiger partial charge < -0.3 is 4.74 Å². The van der Waals surface area contributed by atoms with Crippen LogP contribution in [0, 0.1) is 6.92 Å². The van der Waals surface area contributed by atoms with Gasteiger partial charge in [0.15, 0.2) is 0 Å². The van der Waals surface area contributed by atoms with Crippen molar-refractivity contribution in [2.45, 2.75) is 18.4 Å². The summed E-state index contributed by atoms with van der Waals surface area (Å²) in [6.45, 7) is 1.91. The molecule has 4 rings (SSSR count). The lowest BCUT2D eigenvalue weighted by molar-refractivity contribution is 0.0600. The Kier molecular flexibility index (Phi) is 8.53. The third-order valence-corrected chi connectivity index (χ3v) is 7.68. The van der Waals surface area contributed by atoms with Gasteiger partial charge in [-0.15, -0.1) is 0 Å². The number of amides is 1. The van der Waals surface area contributed by atoms with E-state index in [4.69, 9.17) is 0 Å². The summed E-state index contributed by atoms with van der Waals surface area (Å²) in [7, 11) is -2.72. The van der Waals surface area contributed by atoms with E-state index in [2.05, 4.69) is 15.3 Å². The first-order valence-electron chi connectivity index (χ1n) is 12.0. The summed E-state index contributed by atoms with van der Waals surface area (Å²) in [6, 6.07) is 28.7. The number of hydrogen-bond acceptors (Lipinski definition) is 6. The van der Waals surface area contributed by atoms with Crippen molar-refractivity contribution in [2.75, 3.05) is 11.4 Å². The SMILES string of the molecule is COC(=O)c1ccc(C=NNC(=O)c2ccccc2N(Cc2ccccc2)S(=O)(=O)c2ccc(C)cc2)cc1. The second-order valence-electron chi connectivity index (χ2n) is 8.64. The highest BCUT2D eigenvalue weighted by Gasteiger charge is 2.28. The highest BCUT2D eigenvalue weighted by molar-refractivity contribution is 7.92. The van der Waals surface area contributed by atoms with Gasteiger partial charge in [0.05, 0.1) is 41.6 Å². The summed E-state index contributed by atoms with van der Waals surface area (Å²) in [4.78, 5) is 24.9. The molecule has 0 aromatic heterocycles. The van der Waals surface area contributed by atoms with Gasteiger partial charge in [0, 0.05) is 0 Å². The van der Waals surface area contributed by atoms with Crippen LogP contribution in [0.2, 0.25) is 0 Å². The van der Waals surface area contributed by atoms with Crippen molar-refractivity contribution >= 4 is 33.8 Å². The number of esters is 1. The normalized spacial score (nSPS) is 11.2. The van der Waals surface area contributed by atoms with Crippen LogP contribution >= 0.6 is 0 Å². The lowest BCUT2D eigenvalue weighted by Crippen LogP contribution is -2.33. The largest absolute Gasteiger partial charge is 0.465 e. The van der Waals surface area contributed by atoms with Gasteiger partial charge in [0.25, 0.3) is 15.9 Å². The Morgan fingerprint density at radius 1 is 0.872 bits per heavy atom. The first-order valence-corrected chi connectivity index (χ1v) is 13.5. The van der Waals surface area contributed by atoms with Crippen LogP contribution in [0.4, 0.5) is 5.69 Å². The number of anilines is 1. The fraction of sp³-hybridized carbons (Fsp3) is 0.100. The second-order valence-corrected chi connectivity index (χ2v) is 10.5. The summed E-state index contributed by atoms with van der Waals surface area (Å²) < 4.78 is 33.6. The van der Waals surface area contributed by atoms with Crippen molar-refractivity contribution in [2.24, 2.45) is 5.10 Å². The van der Waals surface area contributed by atoms with Crippen LogP contribution in [-0.4, -0.2) is 33.6 Å². The van der Waals surface area contributed by atoms with Crippen LogP contribution in [0.25, 0.3) is 0 Å². The third-order valence-electron chi connectivity index (χ3n) is 5.91. The van der Waals surface area contributed by atoms with E-state index in [9.17, 15) is 18.0 Å². The summed E-state index contributed by atoms with van der Waals surface area (Å²) in [5.41, 5.74) is 5.56. The lowest BCUT2D eigenvalue weighted by atomic mass is 10.1. The van der Waals surface area contributed by atoms with Crippen LogP contribution in [0.3, 0.4) is 0 Å². The molecule has 198 valence electrons. The minimum absolute atomic E-state index is 0.0250. The Balaban J connectivity index is 1.64. The zero-order valence-corrected chi connectivity index (χ0v) is 22.3. The number of benzene rings is 4. The number of methoxy groups -OCH3 is 1. The second kappa shape index (κ2) is 12.2. The average Bonchev–Trinajstić information content (AvgIpc) is 2.96. The van der Waals surface area contributed by atoms with E-state index in [1.165, 1.54) is 17.6 Å². The molecule has 0 bridgehead atoms. The van der Waals surface area contributed by atoms with Crippen LogP contribution < -0.4 is 9.73 Å². The van der Waals surface area contributed by atoms with Crippen molar-refractivity contribution in [1.29, 1.82) is 0 Å². The summed E-state index contributed by atoms with van der Waals surface area (Å²) in [5, 5.41) is 4.02. The van der Waals surface area contributed by atoms with Gasteiger partial charge in [0.2, 0.25) is 0 Å². The summed E-state index contributed by atoms with van der Waals surface area (Å²) >= 11 is 0. The summed E-state index contributed by atoms with van der Waals surface area (Å²) in [5.74, 6) is -1.03. The van der Waals surface area contributed by atoms with Crippen LogP contribution in [0.15, 0.2) is 113 Å². The molecule has 0 spiro atoms. The van der Waals surface area contributed by atoms with E-state index >= 15 is 0 Å². The molecule has 4 aromatic rings. The van der Waals surface area contributed by atoms with Gasteiger partial charge in [-0.1, -0.05) is 72.3 Å². The van der Waals surface area contributed by atoms with Crippen molar-refractivity contribution in [3.05, 3.63) is 131 Å². The molecule has 0 aliphatic rings. The number of nitrogens with one attached hydrogen (secondary N) is 1. The standard InChI is InChI=1S/C30H27N3O5S/c1-22-12-18-26(19-13-22)39(36,37)33(21-24-8-4-3-5-9-24)28-11-7-6-10-27(28)29(34)32-31-20-23-14-16-25(17-15-23)30(35)38-2/h3-20H,21H2,1-2H3,(H,32,34). The molecule has 0 unspecified atom stereocenters. The molecular formula is C30H27N3O5S. The molecule has 9 heteroatoms. The monoisotopic (exact) mass is 541 g/mol. The zero-order valence-electron chi connectivity index (χ0n) is 21.4. The topological polar surface area (TPSA) is 105 Å². The number of para-hydroxylation sites is 1. The molecule has 0 saturated carbocycles. The first kappa shape index (κ1) is 27.3. The number of carbonyl (C=O) groups is 2. The molecule has 1 N–H and O–H groups in total. The summed E-state index contributed by atoms with van der Waals surface area (Å²) in [6.07, 6.45) is 1.42. The Morgan fingerprint density at radius 2 is 1.51 bits per heavy atom. The van der Waals surface area contributed by atoms with E-state index in [-0.39, 0.29) is 22.7 Å². The zero-order chi connectivity index (χ0) is 27.8. The predicted molar refractivity (Wildman–Crippen MR) is 150 cm³/mol. The number of rotatable bonds is 9. The van der Waals surface area contributed by atoms with E-state index in [0.717, 1.165) is 11.1 Å². The lowest BCUT2D eigenvalue weighted by Gasteiger charge is -2.26. The third kappa shape index (κ3) is 6.58. The molecule has 0 aliphatic carbocycles. The fourth-order valence-electron chi connectivity index (χ4n) is 3.82. The van der Waals surface area contributed by atoms with Gasteiger partial charge in [-0.05, 0) is 54.4 Å². The van der Waals surface area contributed by atoms with Crippen molar-refractivity contribution in [1.82, 2.24) is 5.43 Å². The minimum atomic E-state index is -4.02. The highest BCUT2D eigenvalue weighted by atomic mass is 32.2. The molecule has 1 amide bonds. The van der Waals surface area contributed by atoms with Gasteiger partial charge in [-0.25, -0.2) is 18.6 Å². The Labute approximate surface area is 227 Å². The maximum Gasteiger partial charge on any atom is 0.337 e.